The van der Waals surface area contributed by atoms with Crippen LogP contribution < -0.4 is 0 Å². The van der Waals surface area contributed by atoms with Gasteiger partial charge in [0.25, 0.3) is 0 Å². The summed E-state index contributed by atoms with van der Waals surface area (Å²) in [5.41, 5.74) is 18.8. The van der Waals surface area contributed by atoms with Gasteiger partial charge in [0.1, 0.15) is 0 Å². The summed E-state index contributed by atoms with van der Waals surface area (Å²) >= 11 is 0. The van der Waals surface area contributed by atoms with Gasteiger partial charge in [-0.3, -0.25) is 0 Å². The van der Waals surface area contributed by atoms with Crippen LogP contribution in [0.4, 0.5) is 0 Å². The molecule has 0 fully saturated rings. The minimum absolute atomic E-state index is 1.13. The average molecular weight is 722 g/mol. The van der Waals surface area contributed by atoms with Crippen LogP contribution in [0.25, 0.3) is 67.3 Å². The molecule has 1 aliphatic rings. The molecule has 0 radical (unpaired) electrons. The van der Waals surface area contributed by atoms with Gasteiger partial charge in [0, 0.05) is 11.1 Å². The minimum atomic E-state index is 1.13. The predicted molar refractivity (Wildman–Crippen MR) is 241 cm³/mol. The smallest absolute Gasteiger partial charge is 0.0541 e. The van der Waals surface area contributed by atoms with E-state index in [1.165, 1.54) is 83.4 Å². The first-order valence-electron chi connectivity index (χ1n) is 19.7. The molecule has 9 rings (SSSR count). The van der Waals surface area contributed by atoms with Crippen molar-refractivity contribution in [3.8, 4) is 50.3 Å². The number of allylic oxidation sites excluding steroid dienone is 5. The highest BCUT2D eigenvalue weighted by Crippen LogP contribution is 2.36. The van der Waals surface area contributed by atoms with Crippen LogP contribution in [0.1, 0.15) is 36.5 Å². The zero-order valence-electron chi connectivity index (χ0n) is 32.5. The summed E-state index contributed by atoms with van der Waals surface area (Å²) in [7, 11) is 0. The lowest BCUT2D eigenvalue weighted by molar-refractivity contribution is 1.02. The SMILES string of the molecule is C/C(=C\c1ccc(-c2ccc3cc(-c4ccccc4)n(-c4ccc(-c5ccccc5)cc4)c3c2)cc1C)C1=CCCC=C1.Cc1ccc(-c2ccccc2)cc1. The zero-order chi connectivity index (χ0) is 38.3. The Balaban J connectivity index is 0.000000287. The van der Waals surface area contributed by atoms with Crippen LogP contribution in [0.3, 0.4) is 0 Å². The first-order chi connectivity index (χ1) is 27.5. The molecular formula is C55H47N. The molecule has 1 heteroatoms. The molecule has 0 amide bonds. The Bertz CT molecular complexity index is 2650. The predicted octanol–water partition coefficient (Wildman–Crippen LogP) is 15.3. The van der Waals surface area contributed by atoms with Crippen molar-refractivity contribution < 1.29 is 0 Å². The van der Waals surface area contributed by atoms with Gasteiger partial charge >= 0.3 is 0 Å². The monoisotopic (exact) mass is 721 g/mol. The molecule has 0 spiro atoms. The van der Waals surface area contributed by atoms with E-state index in [0.29, 0.717) is 0 Å². The van der Waals surface area contributed by atoms with Gasteiger partial charge in [-0.05, 0) is 119 Å². The fraction of sp³-hybridized carbons (Fsp3) is 0.0909. The third kappa shape index (κ3) is 8.19. The Hall–Kier alpha value is -6.70. The van der Waals surface area contributed by atoms with Gasteiger partial charge in [0.05, 0.1) is 11.2 Å². The molecule has 0 unspecified atom stereocenters. The molecule has 1 aromatic heterocycles. The van der Waals surface area contributed by atoms with Crippen LogP contribution in [-0.2, 0) is 0 Å². The van der Waals surface area contributed by atoms with Crippen molar-refractivity contribution in [2.24, 2.45) is 0 Å². The van der Waals surface area contributed by atoms with Gasteiger partial charge < -0.3 is 4.57 Å². The van der Waals surface area contributed by atoms with Crippen molar-refractivity contribution in [1.29, 1.82) is 0 Å². The molecule has 0 saturated heterocycles. The number of aromatic nitrogens is 1. The maximum absolute atomic E-state index is 2.40. The molecule has 8 aromatic rings. The largest absolute Gasteiger partial charge is 0.309 e. The average Bonchev–Trinajstić information content (AvgIpc) is 3.65. The fourth-order valence-electron chi connectivity index (χ4n) is 7.53. The molecule has 1 aliphatic carbocycles. The zero-order valence-corrected chi connectivity index (χ0v) is 32.5. The van der Waals surface area contributed by atoms with Gasteiger partial charge in [-0.15, -0.1) is 0 Å². The van der Waals surface area contributed by atoms with E-state index in [1.54, 1.807) is 0 Å². The van der Waals surface area contributed by atoms with Gasteiger partial charge in [-0.25, -0.2) is 0 Å². The summed E-state index contributed by atoms with van der Waals surface area (Å²) in [6.07, 6.45) is 11.5. The topological polar surface area (TPSA) is 4.93 Å². The molecular weight excluding hydrogens is 675 g/mol. The molecule has 272 valence electrons. The van der Waals surface area contributed by atoms with E-state index in [0.717, 1.165) is 18.5 Å². The minimum Gasteiger partial charge on any atom is -0.309 e. The van der Waals surface area contributed by atoms with E-state index in [1.807, 2.05) is 6.07 Å². The first-order valence-corrected chi connectivity index (χ1v) is 19.7. The summed E-state index contributed by atoms with van der Waals surface area (Å²) in [6.45, 7) is 6.54. The summed E-state index contributed by atoms with van der Waals surface area (Å²) in [6, 6.07) is 65.3. The quantitative estimate of drug-likeness (QED) is 0.154. The molecule has 0 atom stereocenters. The standard InChI is InChI=1S/C42H35N.C13H12/c1-30(32-12-6-3-7-13-32)26-36-18-19-37(27-31(36)2)38-20-21-39-29-41(35-16-10-5-11-17-35)43(42(39)28-38)40-24-22-34(23-25-40)33-14-8-4-9-15-33;1-11-7-9-13(10-8-11)12-5-3-2-4-6-12/h4-6,8-29H,3,7H2,1-2H3;2-10H,1H3/b30-26+;. The van der Waals surface area contributed by atoms with Gasteiger partial charge in [-0.1, -0.05) is 188 Å². The lowest BCUT2D eigenvalue weighted by atomic mass is 9.95. The second-order valence-corrected chi connectivity index (χ2v) is 14.7. The highest BCUT2D eigenvalue weighted by Gasteiger charge is 2.14. The van der Waals surface area contributed by atoms with Crippen LogP contribution in [0, 0.1) is 13.8 Å². The lowest BCUT2D eigenvalue weighted by Crippen LogP contribution is -1.97. The highest BCUT2D eigenvalue weighted by molar-refractivity contribution is 5.92. The molecule has 7 aromatic carbocycles. The Morgan fingerprint density at radius 3 is 1.62 bits per heavy atom. The molecule has 0 aliphatic heterocycles. The van der Waals surface area contributed by atoms with Crippen molar-refractivity contribution in [3.63, 3.8) is 0 Å². The Labute approximate surface area is 332 Å². The van der Waals surface area contributed by atoms with Crippen LogP contribution >= 0.6 is 0 Å². The van der Waals surface area contributed by atoms with E-state index >= 15 is 0 Å². The highest BCUT2D eigenvalue weighted by atomic mass is 15.0. The summed E-state index contributed by atoms with van der Waals surface area (Å²) < 4.78 is 2.40. The van der Waals surface area contributed by atoms with Crippen LogP contribution in [-0.4, -0.2) is 4.57 Å². The Morgan fingerprint density at radius 1 is 0.500 bits per heavy atom. The summed E-state index contributed by atoms with van der Waals surface area (Å²) in [5.74, 6) is 0. The molecule has 0 bridgehead atoms. The number of nitrogens with zero attached hydrogens (tertiary/aromatic N) is 1. The van der Waals surface area contributed by atoms with E-state index in [-0.39, 0.29) is 0 Å². The van der Waals surface area contributed by atoms with Crippen LogP contribution in [0.5, 0.6) is 0 Å². The van der Waals surface area contributed by atoms with Crippen LogP contribution in [0.15, 0.2) is 211 Å². The molecule has 1 nitrogen and oxygen atoms in total. The third-order valence-electron chi connectivity index (χ3n) is 10.7. The Kier molecular flexibility index (Phi) is 10.9. The number of aryl methyl sites for hydroxylation is 2. The fourth-order valence-corrected chi connectivity index (χ4v) is 7.53. The normalized spacial score (nSPS) is 12.6. The van der Waals surface area contributed by atoms with Crippen molar-refractivity contribution in [2.75, 3.05) is 0 Å². The van der Waals surface area contributed by atoms with E-state index < -0.39 is 0 Å². The number of rotatable bonds is 7. The maximum Gasteiger partial charge on any atom is 0.0541 e. The third-order valence-corrected chi connectivity index (χ3v) is 10.7. The summed E-state index contributed by atoms with van der Waals surface area (Å²) in [5, 5.41) is 1.23. The Morgan fingerprint density at radius 2 is 1.04 bits per heavy atom. The van der Waals surface area contributed by atoms with E-state index in [4.69, 9.17) is 0 Å². The second-order valence-electron chi connectivity index (χ2n) is 14.7. The van der Waals surface area contributed by atoms with Gasteiger partial charge in [-0.2, -0.15) is 0 Å². The first kappa shape index (κ1) is 36.3. The lowest BCUT2D eigenvalue weighted by Gasteiger charge is -2.14. The van der Waals surface area contributed by atoms with Crippen molar-refractivity contribution in [2.45, 2.75) is 33.6 Å². The van der Waals surface area contributed by atoms with Crippen LogP contribution in [0.2, 0.25) is 0 Å². The number of fused-ring (bicyclic) bond motifs is 1. The molecule has 0 N–H and O–H groups in total. The van der Waals surface area contributed by atoms with Crippen molar-refractivity contribution in [3.05, 3.63) is 228 Å². The van der Waals surface area contributed by atoms with Gasteiger partial charge in [0.15, 0.2) is 0 Å². The molecule has 0 saturated carbocycles. The van der Waals surface area contributed by atoms with Crippen molar-refractivity contribution >= 4 is 17.0 Å². The number of benzene rings is 7. The maximum atomic E-state index is 2.40. The second kappa shape index (κ2) is 16.8. The number of hydrogen-bond acceptors (Lipinski definition) is 0. The van der Waals surface area contributed by atoms with Crippen molar-refractivity contribution in [1.82, 2.24) is 4.57 Å². The van der Waals surface area contributed by atoms with E-state index in [9.17, 15) is 0 Å². The van der Waals surface area contributed by atoms with E-state index in [2.05, 4.69) is 226 Å². The summed E-state index contributed by atoms with van der Waals surface area (Å²) in [4.78, 5) is 0. The molecule has 1 heterocycles. The number of hydrogen-bond donors (Lipinski definition) is 0. The van der Waals surface area contributed by atoms with Gasteiger partial charge in [0.2, 0.25) is 0 Å². The molecule has 56 heavy (non-hydrogen) atoms.